The molecule has 1 aliphatic heterocycles. The standard InChI is InChI=1S/C23H26N6S2/c1-5-30-17(3)26-28-21(20-13-11-16(2)12-14-20)29-23(31-18(4)27-29)25-22(28)24-15-19-9-7-6-8-10-19/h6-14,21H,5,15H2,1-4H3/p+1. The predicted molar refractivity (Wildman–Crippen MR) is 131 cm³/mol. The third-order valence-corrected chi connectivity index (χ3v) is 6.48. The summed E-state index contributed by atoms with van der Waals surface area (Å²) in [5.41, 5.74) is 3.50. The van der Waals surface area contributed by atoms with Crippen molar-refractivity contribution < 1.29 is 4.68 Å². The summed E-state index contributed by atoms with van der Waals surface area (Å²) in [5, 5.41) is 18.1. The van der Waals surface area contributed by atoms with Gasteiger partial charge in [0.1, 0.15) is 5.01 Å². The van der Waals surface area contributed by atoms with Crippen LogP contribution in [0.25, 0.3) is 0 Å². The van der Waals surface area contributed by atoms with E-state index in [0.717, 1.165) is 38.0 Å². The molecule has 0 saturated carbocycles. The number of nitrogens with zero attached hydrogens (tertiary/aromatic N) is 5. The van der Waals surface area contributed by atoms with Crippen molar-refractivity contribution in [3.8, 4) is 0 Å². The summed E-state index contributed by atoms with van der Waals surface area (Å²) in [4.78, 5) is 4.93. The Bertz CT molecular complexity index is 1090. The van der Waals surface area contributed by atoms with E-state index in [2.05, 4.69) is 55.6 Å². The van der Waals surface area contributed by atoms with Gasteiger partial charge in [0.05, 0.1) is 11.6 Å². The molecule has 2 heterocycles. The van der Waals surface area contributed by atoms with Gasteiger partial charge in [-0.15, -0.1) is 11.8 Å². The number of thioether (sulfide) groups is 1. The molecule has 0 saturated heterocycles. The van der Waals surface area contributed by atoms with Gasteiger partial charge in [-0.2, -0.15) is 15.4 Å². The lowest BCUT2D eigenvalue weighted by atomic mass is 10.1. The number of benzene rings is 2. The van der Waals surface area contributed by atoms with Crippen LogP contribution >= 0.6 is 23.1 Å². The highest BCUT2D eigenvalue weighted by atomic mass is 32.2. The average Bonchev–Trinajstić information content (AvgIpc) is 3.13. The van der Waals surface area contributed by atoms with E-state index >= 15 is 0 Å². The van der Waals surface area contributed by atoms with Crippen LogP contribution in [0.2, 0.25) is 0 Å². The Balaban J connectivity index is 1.81. The molecule has 2 aromatic carbocycles. The molecule has 4 rings (SSSR count). The maximum Gasteiger partial charge on any atom is 0.366 e. The predicted octanol–water partition coefficient (Wildman–Crippen LogP) is 4.96. The van der Waals surface area contributed by atoms with Crippen molar-refractivity contribution in [3.05, 3.63) is 76.3 Å². The van der Waals surface area contributed by atoms with Gasteiger partial charge >= 0.3 is 11.1 Å². The quantitative estimate of drug-likeness (QED) is 0.338. The van der Waals surface area contributed by atoms with Crippen LogP contribution in [0.4, 0.5) is 5.13 Å². The first-order chi connectivity index (χ1) is 15.0. The van der Waals surface area contributed by atoms with Gasteiger partial charge in [-0.3, -0.25) is 0 Å². The second-order valence-corrected chi connectivity index (χ2v) is 9.94. The molecule has 8 heteroatoms. The smallest absolute Gasteiger partial charge is 0.225 e. The van der Waals surface area contributed by atoms with Crippen LogP contribution in [0.3, 0.4) is 0 Å². The van der Waals surface area contributed by atoms with Crippen molar-refractivity contribution in [2.24, 2.45) is 10.1 Å². The Morgan fingerprint density at radius 1 is 1.16 bits per heavy atom. The number of anilines is 1. The van der Waals surface area contributed by atoms with Gasteiger partial charge in [0.2, 0.25) is 6.17 Å². The summed E-state index contributed by atoms with van der Waals surface area (Å²) in [6.45, 7) is 8.88. The van der Waals surface area contributed by atoms with Gasteiger partial charge < -0.3 is 0 Å². The summed E-state index contributed by atoms with van der Waals surface area (Å²) < 4.78 is 2.01. The largest absolute Gasteiger partial charge is 0.366 e. The van der Waals surface area contributed by atoms with E-state index in [9.17, 15) is 0 Å². The number of aryl methyl sites for hydroxylation is 2. The first-order valence-electron chi connectivity index (χ1n) is 10.3. The molecule has 1 N–H and O–H groups in total. The van der Waals surface area contributed by atoms with Gasteiger partial charge in [-0.05, 0) is 43.4 Å². The Labute approximate surface area is 191 Å². The van der Waals surface area contributed by atoms with Crippen molar-refractivity contribution in [3.63, 3.8) is 0 Å². The minimum absolute atomic E-state index is 0.205. The zero-order valence-electron chi connectivity index (χ0n) is 18.2. The van der Waals surface area contributed by atoms with E-state index in [-0.39, 0.29) is 6.17 Å². The van der Waals surface area contributed by atoms with Gasteiger partial charge in [0.15, 0.2) is 0 Å². The zero-order chi connectivity index (χ0) is 21.8. The third kappa shape index (κ3) is 4.97. The Kier molecular flexibility index (Phi) is 6.67. The van der Waals surface area contributed by atoms with Crippen LogP contribution in [0, 0.1) is 13.8 Å². The minimum atomic E-state index is -0.205. The normalized spacial score (nSPS) is 17.5. The first kappa shape index (κ1) is 21.5. The molecular formula is C23H27N6S2+. The van der Waals surface area contributed by atoms with E-state index < -0.39 is 0 Å². The lowest BCUT2D eigenvalue weighted by molar-refractivity contribution is -0.769. The maximum absolute atomic E-state index is 4.97. The Hall–Kier alpha value is -2.71. The number of aliphatic imine (C=N–C) groups is 1. The number of guanidine groups is 1. The molecule has 3 aromatic rings. The van der Waals surface area contributed by atoms with Crippen molar-refractivity contribution in [2.75, 3.05) is 11.1 Å². The van der Waals surface area contributed by atoms with Crippen molar-refractivity contribution in [1.82, 2.24) is 10.1 Å². The van der Waals surface area contributed by atoms with Crippen LogP contribution < -0.4 is 10.00 Å². The molecule has 160 valence electrons. The number of nitrogens with one attached hydrogen (secondary N) is 1. The first-order valence-corrected chi connectivity index (χ1v) is 12.1. The molecule has 1 aliphatic rings. The summed E-state index contributed by atoms with van der Waals surface area (Å²) in [7, 11) is 0. The number of aromatic nitrogens is 2. The average molecular weight is 452 g/mol. The second kappa shape index (κ2) is 9.62. The minimum Gasteiger partial charge on any atom is -0.225 e. The fourth-order valence-corrected chi connectivity index (χ4v) is 4.75. The highest BCUT2D eigenvalue weighted by Gasteiger charge is 2.41. The maximum atomic E-state index is 4.97. The molecule has 1 aromatic heterocycles. The SMILES string of the molecule is CCSC(C)=NN1C(=NCc2ccccc2)Nc2sc(C)n[n+]2C1c1ccc(C)cc1. The molecule has 0 amide bonds. The van der Waals surface area contributed by atoms with E-state index in [1.54, 1.807) is 23.1 Å². The van der Waals surface area contributed by atoms with E-state index in [1.807, 2.05) is 41.7 Å². The Morgan fingerprint density at radius 3 is 2.61 bits per heavy atom. The van der Waals surface area contributed by atoms with Gasteiger partial charge in [-0.25, -0.2) is 4.99 Å². The molecular weight excluding hydrogens is 424 g/mol. The van der Waals surface area contributed by atoms with E-state index in [0.29, 0.717) is 6.54 Å². The molecule has 1 atom stereocenters. The van der Waals surface area contributed by atoms with E-state index in [4.69, 9.17) is 15.2 Å². The molecule has 0 radical (unpaired) electrons. The molecule has 0 fully saturated rings. The molecule has 0 aliphatic carbocycles. The molecule has 0 bridgehead atoms. The van der Waals surface area contributed by atoms with Gasteiger partial charge in [-0.1, -0.05) is 76.9 Å². The summed E-state index contributed by atoms with van der Waals surface area (Å²) >= 11 is 3.35. The van der Waals surface area contributed by atoms with Crippen LogP contribution in [0.1, 0.15) is 41.7 Å². The van der Waals surface area contributed by atoms with Crippen LogP contribution in [-0.2, 0) is 6.54 Å². The molecule has 31 heavy (non-hydrogen) atoms. The lowest BCUT2D eigenvalue weighted by Crippen LogP contribution is -2.59. The molecule has 6 nitrogen and oxygen atoms in total. The number of rotatable bonds is 5. The highest BCUT2D eigenvalue weighted by molar-refractivity contribution is 8.13. The summed E-state index contributed by atoms with van der Waals surface area (Å²) in [6, 6.07) is 18.8. The van der Waals surface area contributed by atoms with Crippen LogP contribution in [0.15, 0.2) is 64.7 Å². The molecule has 1 unspecified atom stereocenters. The zero-order valence-corrected chi connectivity index (χ0v) is 19.9. The number of hydrogen-bond donors (Lipinski definition) is 1. The van der Waals surface area contributed by atoms with Crippen LogP contribution in [0.5, 0.6) is 0 Å². The Morgan fingerprint density at radius 2 is 1.90 bits per heavy atom. The lowest BCUT2D eigenvalue weighted by Gasteiger charge is -2.29. The van der Waals surface area contributed by atoms with Crippen molar-refractivity contribution >= 4 is 39.2 Å². The van der Waals surface area contributed by atoms with Crippen molar-refractivity contribution in [1.29, 1.82) is 0 Å². The number of hydrazone groups is 1. The fourth-order valence-electron chi connectivity index (χ4n) is 3.40. The monoisotopic (exact) mass is 451 g/mol. The van der Waals surface area contributed by atoms with E-state index in [1.165, 1.54) is 5.56 Å². The third-order valence-electron chi connectivity index (χ3n) is 4.83. The highest BCUT2D eigenvalue weighted by Crippen LogP contribution is 2.29. The number of hydrogen-bond acceptors (Lipinski definition) is 5. The topological polar surface area (TPSA) is 56.8 Å². The second-order valence-electron chi connectivity index (χ2n) is 7.30. The number of fused-ring (bicyclic) bond motifs is 1. The van der Waals surface area contributed by atoms with Gasteiger partial charge in [0.25, 0.3) is 0 Å². The summed E-state index contributed by atoms with van der Waals surface area (Å²) in [6.07, 6.45) is -0.205. The fraction of sp³-hybridized carbons (Fsp3) is 0.304. The van der Waals surface area contributed by atoms with Crippen molar-refractivity contribution in [2.45, 2.75) is 40.4 Å². The van der Waals surface area contributed by atoms with Gasteiger partial charge in [0, 0.05) is 5.56 Å². The molecule has 0 spiro atoms. The summed E-state index contributed by atoms with van der Waals surface area (Å²) in [5.74, 6) is 1.70. The van der Waals surface area contributed by atoms with Crippen LogP contribution in [-0.4, -0.2) is 26.9 Å².